The molecule has 0 unspecified atom stereocenters. The molecular weight excluding hydrogens is 199 g/mol. The first-order valence-electron chi connectivity index (χ1n) is 3.51. The number of nitrogens with two attached hydrogens (primary N) is 1. The van der Waals surface area contributed by atoms with E-state index in [1.54, 1.807) is 0 Å². The number of aromatic nitrogens is 4. The van der Waals surface area contributed by atoms with Gasteiger partial charge in [-0.05, 0) is 0 Å². The van der Waals surface area contributed by atoms with E-state index < -0.39 is 11.7 Å². The molecule has 0 aromatic carbocycles. The van der Waals surface area contributed by atoms with Crippen molar-refractivity contribution in [3.63, 3.8) is 0 Å². The van der Waals surface area contributed by atoms with Gasteiger partial charge in [-0.1, -0.05) is 0 Å². The Morgan fingerprint density at radius 1 is 1.29 bits per heavy atom. The first-order chi connectivity index (χ1) is 6.50. The van der Waals surface area contributed by atoms with Crippen LogP contribution in [0.3, 0.4) is 0 Å². The molecule has 0 radical (unpaired) electrons. The average molecular weight is 203 g/mol. The zero-order valence-electron chi connectivity index (χ0n) is 6.65. The highest BCUT2D eigenvalue weighted by Crippen LogP contribution is 2.31. The van der Waals surface area contributed by atoms with Crippen molar-refractivity contribution in [1.29, 1.82) is 0 Å². The molecule has 5 nitrogen and oxygen atoms in total. The van der Waals surface area contributed by atoms with Gasteiger partial charge in [-0.3, -0.25) is 0 Å². The third-order valence-corrected chi connectivity index (χ3v) is 1.64. The van der Waals surface area contributed by atoms with Gasteiger partial charge in [0.2, 0.25) is 5.95 Å². The van der Waals surface area contributed by atoms with E-state index in [1.807, 2.05) is 0 Å². The van der Waals surface area contributed by atoms with E-state index in [2.05, 4.69) is 15.1 Å². The van der Waals surface area contributed by atoms with Crippen LogP contribution in [0.25, 0.3) is 5.65 Å². The van der Waals surface area contributed by atoms with Crippen molar-refractivity contribution < 1.29 is 13.2 Å². The van der Waals surface area contributed by atoms with Crippen molar-refractivity contribution in [3.8, 4) is 0 Å². The quantitative estimate of drug-likeness (QED) is 0.685. The van der Waals surface area contributed by atoms with Gasteiger partial charge in [0.25, 0.3) is 0 Å². The SMILES string of the molecule is Nc1ncnc2c(C(F)(F)F)cnn12. The molecular formula is C6H4F3N5. The molecule has 2 heterocycles. The fourth-order valence-corrected chi connectivity index (χ4v) is 1.03. The van der Waals surface area contributed by atoms with Gasteiger partial charge in [-0.15, -0.1) is 0 Å². The molecule has 0 amide bonds. The molecule has 0 aliphatic rings. The molecule has 2 aromatic rings. The van der Waals surface area contributed by atoms with Crippen LogP contribution in [0.4, 0.5) is 19.1 Å². The van der Waals surface area contributed by atoms with E-state index in [4.69, 9.17) is 5.73 Å². The fourth-order valence-electron chi connectivity index (χ4n) is 1.03. The minimum absolute atomic E-state index is 0.134. The van der Waals surface area contributed by atoms with Gasteiger partial charge in [-0.2, -0.15) is 22.8 Å². The van der Waals surface area contributed by atoms with E-state index in [9.17, 15) is 13.2 Å². The molecule has 0 atom stereocenters. The maximum absolute atomic E-state index is 12.3. The second kappa shape index (κ2) is 2.56. The Labute approximate surface area is 75.4 Å². The Balaban J connectivity index is 2.76. The van der Waals surface area contributed by atoms with Crippen LogP contribution in [0.5, 0.6) is 0 Å². The lowest BCUT2D eigenvalue weighted by Crippen LogP contribution is -2.07. The Hall–Kier alpha value is -1.86. The molecule has 74 valence electrons. The molecule has 0 saturated carbocycles. The summed E-state index contributed by atoms with van der Waals surface area (Å²) >= 11 is 0. The van der Waals surface area contributed by atoms with Crippen molar-refractivity contribution in [2.75, 3.05) is 5.73 Å². The first kappa shape index (κ1) is 8.73. The summed E-state index contributed by atoms with van der Waals surface area (Å²) in [6.07, 6.45) is -2.86. The number of nitrogen functional groups attached to an aromatic ring is 1. The van der Waals surface area contributed by atoms with Gasteiger partial charge >= 0.3 is 6.18 Å². The molecule has 2 aromatic heterocycles. The molecule has 0 bridgehead atoms. The van der Waals surface area contributed by atoms with Crippen molar-refractivity contribution >= 4 is 11.6 Å². The lowest BCUT2D eigenvalue weighted by atomic mass is 10.3. The summed E-state index contributed by atoms with van der Waals surface area (Å²) in [6.45, 7) is 0. The van der Waals surface area contributed by atoms with E-state index >= 15 is 0 Å². The molecule has 0 spiro atoms. The zero-order chi connectivity index (χ0) is 10.3. The number of alkyl halides is 3. The highest BCUT2D eigenvalue weighted by molar-refractivity contribution is 5.50. The van der Waals surface area contributed by atoms with E-state index in [1.165, 1.54) is 0 Å². The maximum Gasteiger partial charge on any atom is 0.421 e. The predicted molar refractivity (Wildman–Crippen MR) is 40.2 cm³/mol. The summed E-state index contributed by atoms with van der Waals surface area (Å²) in [5, 5.41) is 3.43. The molecule has 2 rings (SSSR count). The Kier molecular flexibility index (Phi) is 1.60. The normalized spacial score (nSPS) is 12.2. The van der Waals surface area contributed by atoms with Gasteiger partial charge in [0.15, 0.2) is 5.65 Å². The third kappa shape index (κ3) is 1.15. The van der Waals surface area contributed by atoms with Crippen LogP contribution in [0.1, 0.15) is 5.56 Å². The van der Waals surface area contributed by atoms with Crippen LogP contribution in [0, 0.1) is 0 Å². The molecule has 0 aliphatic heterocycles. The lowest BCUT2D eigenvalue weighted by molar-refractivity contribution is -0.136. The standard InChI is InChI=1S/C6H4F3N5/c7-6(8,9)3-1-13-14-4(3)11-2-12-5(14)10/h1-2H,(H2,10,11,12). The van der Waals surface area contributed by atoms with E-state index in [-0.39, 0.29) is 11.6 Å². The molecule has 0 fully saturated rings. The topological polar surface area (TPSA) is 69.1 Å². The summed E-state index contributed by atoms with van der Waals surface area (Å²) < 4.78 is 37.8. The Bertz CT molecular complexity index is 474. The summed E-state index contributed by atoms with van der Waals surface area (Å²) in [4.78, 5) is 6.96. The highest BCUT2D eigenvalue weighted by Gasteiger charge is 2.35. The van der Waals surface area contributed by atoms with Gasteiger partial charge in [-0.25, -0.2) is 9.97 Å². The number of fused-ring (bicyclic) bond motifs is 1. The van der Waals surface area contributed by atoms with Crippen molar-refractivity contribution in [3.05, 3.63) is 18.1 Å². The van der Waals surface area contributed by atoms with E-state index in [0.29, 0.717) is 6.20 Å². The highest BCUT2D eigenvalue weighted by atomic mass is 19.4. The maximum atomic E-state index is 12.3. The smallest absolute Gasteiger partial charge is 0.368 e. The van der Waals surface area contributed by atoms with Crippen molar-refractivity contribution in [1.82, 2.24) is 19.6 Å². The van der Waals surface area contributed by atoms with Gasteiger partial charge < -0.3 is 5.73 Å². The van der Waals surface area contributed by atoms with Crippen LogP contribution < -0.4 is 5.73 Å². The molecule has 2 N–H and O–H groups in total. The van der Waals surface area contributed by atoms with E-state index in [0.717, 1.165) is 10.8 Å². The number of anilines is 1. The monoisotopic (exact) mass is 203 g/mol. The molecule has 14 heavy (non-hydrogen) atoms. The molecule has 8 heteroatoms. The Morgan fingerprint density at radius 2 is 2.00 bits per heavy atom. The Morgan fingerprint density at radius 3 is 2.64 bits per heavy atom. The summed E-state index contributed by atoms with van der Waals surface area (Å²) in [6, 6.07) is 0. The van der Waals surface area contributed by atoms with Gasteiger partial charge in [0.1, 0.15) is 11.9 Å². The van der Waals surface area contributed by atoms with Crippen LogP contribution in [-0.4, -0.2) is 19.6 Å². The number of halogens is 3. The van der Waals surface area contributed by atoms with Crippen LogP contribution in [-0.2, 0) is 6.18 Å². The fraction of sp³-hybridized carbons (Fsp3) is 0.167. The number of rotatable bonds is 0. The predicted octanol–water partition coefficient (Wildman–Crippen LogP) is 0.725. The average Bonchev–Trinajstić information content (AvgIpc) is 2.47. The van der Waals surface area contributed by atoms with Crippen molar-refractivity contribution in [2.45, 2.75) is 6.18 Å². The van der Waals surface area contributed by atoms with Crippen LogP contribution >= 0.6 is 0 Å². The molecule has 0 aliphatic carbocycles. The number of hydrogen-bond donors (Lipinski definition) is 1. The van der Waals surface area contributed by atoms with Gasteiger partial charge in [0.05, 0.1) is 6.20 Å². The number of nitrogens with zero attached hydrogens (tertiary/aromatic N) is 4. The minimum Gasteiger partial charge on any atom is -0.368 e. The van der Waals surface area contributed by atoms with Gasteiger partial charge in [0, 0.05) is 0 Å². The number of hydrogen-bond acceptors (Lipinski definition) is 4. The second-order valence-corrected chi connectivity index (χ2v) is 2.52. The van der Waals surface area contributed by atoms with Crippen LogP contribution in [0.15, 0.2) is 12.5 Å². The second-order valence-electron chi connectivity index (χ2n) is 2.52. The summed E-state index contributed by atoms with van der Waals surface area (Å²) in [7, 11) is 0. The van der Waals surface area contributed by atoms with Crippen molar-refractivity contribution in [2.24, 2.45) is 0 Å². The minimum atomic E-state index is -4.48. The zero-order valence-corrected chi connectivity index (χ0v) is 6.65. The lowest BCUT2D eigenvalue weighted by Gasteiger charge is -2.02. The largest absolute Gasteiger partial charge is 0.421 e. The van der Waals surface area contributed by atoms with Crippen LogP contribution in [0.2, 0.25) is 0 Å². The summed E-state index contributed by atoms with van der Waals surface area (Å²) in [5.41, 5.74) is 4.03. The molecule has 0 saturated heterocycles. The summed E-state index contributed by atoms with van der Waals surface area (Å²) in [5.74, 6) is -0.134. The first-order valence-corrected chi connectivity index (χ1v) is 3.51. The third-order valence-electron chi connectivity index (χ3n) is 1.64.